The van der Waals surface area contributed by atoms with Gasteiger partial charge in [0.1, 0.15) is 10.8 Å². The van der Waals surface area contributed by atoms with Crippen LogP contribution in [0.2, 0.25) is 0 Å². The third kappa shape index (κ3) is 2.56. The lowest BCUT2D eigenvalue weighted by Crippen LogP contribution is -1.93. The molecule has 128 valence electrons. The predicted molar refractivity (Wildman–Crippen MR) is 105 cm³/mol. The Bertz CT molecular complexity index is 1200. The first-order valence-electron chi connectivity index (χ1n) is 8.12. The van der Waals surface area contributed by atoms with Crippen molar-refractivity contribution >= 4 is 37.7 Å². The molecule has 0 unspecified atom stereocenters. The highest BCUT2D eigenvalue weighted by molar-refractivity contribution is 7.17. The van der Waals surface area contributed by atoms with E-state index in [9.17, 15) is 0 Å². The summed E-state index contributed by atoms with van der Waals surface area (Å²) in [4.78, 5) is 0.811. The van der Waals surface area contributed by atoms with Gasteiger partial charge in [0.15, 0.2) is 5.82 Å². The summed E-state index contributed by atoms with van der Waals surface area (Å²) in [5.41, 5.74) is 2.28. The van der Waals surface area contributed by atoms with Gasteiger partial charge in [-0.2, -0.15) is 9.61 Å². The van der Waals surface area contributed by atoms with Gasteiger partial charge in [0.2, 0.25) is 4.96 Å². The summed E-state index contributed by atoms with van der Waals surface area (Å²) < 4.78 is 8.36. The van der Waals surface area contributed by atoms with Crippen LogP contribution in [0.25, 0.3) is 26.4 Å². The molecule has 0 aliphatic carbocycles. The maximum absolute atomic E-state index is 5.22. The van der Waals surface area contributed by atoms with Crippen LogP contribution in [0.1, 0.15) is 10.6 Å². The molecule has 0 N–H and O–H groups in total. The Balaban J connectivity index is 1.51. The molecule has 3 heterocycles. The number of ether oxygens (including phenoxy) is 1. The van der Waals surface area contributed by atoms with Crippen LogP contribution in [0.15, 0.2) is 53.9 Å². The highest BCUT2D eigenvalue weighted by Gasteiger charge is 2.15. The molecule has 5 nitrogen and oxygen atoms in total. The topological polar surface area (TPSA) is 52.3 Å². The molecular formula is C19H14N4OS2. The third-order valence-corrected chi connectivity index (χ3v) is 6.19. The fourth-order valence-electron chi connectivity index (χ4n) is 2.98. The second kappa shape index (κ2) is 6.19. The Kier molecular flexibility index (Phi) is 3.69. The lowest BCUT2D eigenvalue weighted by molar-refractivity contribution is 0.415. The zero-order valence-corrected chi connectivity index (χ0v) is 15.5. The minimum absolute atomic E-state index is 0.750. The summed E-state index contributed by atoms with van der Waals surface area (Å²) in [5.74, 6) is 1.57. The Morgan fingerprint density at radius 2 is 1.88 bits per heavy atom. The predicted octanol–water partition coefficient (Wildman–Crippen LogP) is 4.67. The zero-order chi connectivity index (χ0) is 17.5. The minimum atomic E-state index is 0.750. The number of hydrogen-bond acceptors (Lipinski definition) is 6. The van der Waals surface area contributed by atoms with Crippen molar-refractivity contribution in [1.29, 1.82) is 0 Å². The van der Waals surface area contributed by atoms with E-state index in [1.807, 2.05) is 28.8 Å². The fourth-order valence-corrected chi connectivity index (χ4v) is 4.80. The molecule has 2 aromatic carbocycles. The van der Waals surface area contributed by atoms with Gasteiger partial charge in [-0.15, -0.1) is 21.5 Å². The summed E-state index contributed by atoms with van der Waals surface area (Å²) in [6, 6.07) is 16.3. The van der Waals surface area contributed by atoms with Crippen LogP contribution in [0, 0.1) is 0 Å². The lowest BCUT2D eigenvalue weighted by Gasteiger charge is -2.00. The van der Waals surface area contributed by atoms with Crippen molar-refractivity contribution in [3.8, 4) is 17.1 Å². The van der Waals surface area contributed by atoms with Gasteiger partial charge in [-0.05, 0) is 46.7 Å². The minimum Gasteiger partial charge on any atom is -0.497 e. The third-order valence-electron chi connectivity index (χ3n) is 4.28. The Labute approximate surface area is 157 Å². The van der Waals surface area contributed by atoms with Crippen molar-refractivity contribution in [2.75, 3.05) is 7.11 Å². The first kappa shape index (κ1) is 15.5. The Morgan fingerprint density at radius 3 is 2.73 bits per heavy atom. The maximum atomic E-state index is 5.22. The summed E-state index contributed by atoms with van der Waals surface area (Å²) in [6.45, 7) is 0. The quantitative estimate of drug-likeness (QED) is 0.456. The van der Waals surface area contributed by atoms with Crippen molar-refractivity contribution in [3.63, 3.8) is 0 Å². The van der Waals surface area contributed by atoms with E-state index in [0.717, 1.165) is 33.5 Å². The molecule has 0 fully saturated rings. The number of hydrogen-bond donors (Lipinski definition) is 0. The van der Waals surface area contributed by atoms with Gasteiger partial charge in [0, 0.05) is 16.7 Å². The van der Waals surface area contributed by atoms with Crippen LogP contribution in [0.5, 0.6) is 5.75 Å². The summed E-state index contributed by atoms with van der Waals surface area (Å²) >= 11 is 3.36. The van der Waals surface area contributed by atoms with Crippen LogP contribution < -0.4 is 4.74 Å². The second-order valence-corrected chi connectivity index (χ2v) is 7.83. The van der Waals surface area contributed by atoms with Gasteiger partial charge in [0.25, 0.3) is 0 Å². The highest BCUT2D eigenvalue weighted by atomic mass is 32.1. The molecular weight excluding hydrogens is 364 g/mol. The van der Waals surface area contributed by atoms with Crippen LogP contribution >= 0.6 is 22.7 Å². The van der Waals surface area contributed by atoms with Crippen molar-refractivity contribution < 1.29 is 4.74 Å². The van der Waals surface area contributed by atoms with Gasteiger partial charge >= 0.3 is 0 Å². The number of methoxy groups -OCH3 is 1. The van der Waals surface area contributed by atoms with Crippen molar-refractivity contribution in [3.05, 3.63) is 64.5 Å². The van der Waals surface area contributed by atoms with E-state index in [0.29, 0.717) is 0 Å². The van der Waals surface area contributed by atoms with Crippen LogP contribution in [-0.2, 0) is 6.42 Å². The lowest BCUT2D eigenvalue weighted by atomic mass is 10.1. The summed E-state index contributed by atoms with van der Waals surface area (Å²) in [5, 5.41) is 17.9. The molecule has 5 aromatic rings. The number of fused-ring (bicyclic) bond motifs is 2. The van der Waals surface area contributed by atoms with Crippen LogP contribution in [0.4, 0.5) is 0 Å². The number of aromatic nitrogens is 4. The number of benzene rings is 2. The van der Waals surface area contributed by atoms with Gasteiger partial charge in [-0.1, -0.05) is 29.5 Å². The molecule has 0 atom stereocenters. The first-order chi connectivity index (χ1) is 12.8. The highest BCUT2D eigenvalue weighted by Crippen LogP contribution is 2.29. The van der Waals surface area contributed by atoms with E-state index in [1.54, 1.807) is 29.8 Å². The summed E-state index contributed by atoms with van der Waals surface area (Å²) in [6.07, 6.45) is 0.806. The number of nitrogens with zero attached hydrogens (tertiary/aromatic N) is 4. The van der Waals surface area contributed by atoms with Gasteiger partial charge < -0.3 is 4.74 Å². The average molecular weight is 378 g/mol. The Morgan fingerprint density at radius 1 is 1.04 bits per heavy atom. The molecule has 7 heteroatoms. The van der Waals surface area contributed by atoms with Crippen LogP contribution in [0.3, 0.4) is 0 Å². The number of thiophene rings is 1. The molecule has 0 aliphatic rings. The molecule has 0 saturated carbocycles. The van der Waals surface area contributed by atoms with Crippen molar-refractivity contribution in [2.45, 2.75) is 6.42 Å². The number of rotatable bonds is 4. The SMILES string of the molecule is COc1ccc(-c2nnc3sc(Cc4csc5ccccc45)nn23)cc1. The van der Waals surface area contributed by atoms with Crippen LogP contribution in [-0.4, -0.2) is 26.9 Å². The second-order valence-electron chi connectivity index (χ2n) is 5.88. The Hall–Kier alpha value is -2.77. The van der Waals surface area contributed by atoms with Gasteiger partial charge in [-0.3, -0.25) is 0 Å². The first-order valence-corrected chi connectivity index (χ1v) is 9.82. The molecule has 0 aliphatic heterocycles. The molecule has 26 heavy (non-hydrogen) atoms. The largest absolute Gasteiger partial charge is 0.497 e. The van der Waals surface area contributed by atoms with Crippen molar-refractivity contribution in [1.82, 2.24) is 19.8 Å². The van der Waals surface area contributed by atoms with Crippen molar-refractivity contribution in [2.24, 2.45) is 0 Å². The van der Waals surface area contributed by atoms with Gasteiger partial charge in [0.05, 0.1) is 7.11 Å². The normalized spacial score (nSPS) is 11.4. The van der Waals surface area contributed by atoms with E-state index >= 15 is 0 Å². The van der Waals surface area contributed by atoms with E-state index < -0.39 is 0 Å². The van der Waals surface area contributed by atoms with E-state index in [-0.39, 0.29) is 0 Å². The zero-order valence-electron chi connectivity index (χ0n) is 13.9. The average Bonchev–Trinajstić information content (AvgIpc) is 3.37. The molecule has 0 radical (unpaired) electrons. The smallest absolute Gasteiger partial charge is 0.234 e. The van der Waals surface area contributed by atoms with Gasteiger partial charge in [-0.25, -0.2) is 0 Å². The standard InChI is InChI=1S/C19H14N4OS2/c1-24-14-8-6-12(7-9-14)18-20-21-19-23(18)22-17(26-19)10-13-11-25-16-5-3-2-4-15(13)16/h2-9,11H,10H2,1H3. The summed E-state index contributed by atoms with van der Waals surface area (Å²) in [7, 11) is 1.66. The molecule has 3 aromatic heterocycles. The van der Waals surface area contributed by atoms with E-state index in [2.05, 4.69) is 39.8 Å². The fraction of sp³-hybridized carbons (Fsp3) is 0.105. The van der Waals surface area contributed by atoms with E-state index in [4.69, 9.17) is 9.84 Å². The molecule has 0 bridgehead atoms. The van der Waals surface area contributed by atoms with E-state index in [1.165, 1.54) is 15.6 Å². The monoisotopic (exact) mass is 378 g/mol. The molecule has 0 amide bonds. The maximum Gasteiger partial charge on any atom is 0.234 e. The molecule has 0 saturated heterocycles. The molecule has 5 rings (SSSR count). The molecule has 0 spiro atoms.